The van der Waals surface area contributed by atoms with Crippen molar-refractivity contribution in [2.24, 2.45) is 0 Å². The molecule has 0 saturated carbocycles. The molecular formula is C18H20N6O. The van der Waals surface area contributed by atoms with Gasteiger partial charge in [-0.25, -0.2) is 9.97 Å². The van der Waals surface area contributed by atoms with Crippen LogP contribution in [0, 0.1) is 13.8 Å². The molecule has 4 heterocycles. The van der Waals surface area contributed by atoms with Gasteiger partial charge in [0.2, 0.25) is 0 Å². The van der Waals surface area contributed by atoms with Gasteiger partial charge in [0.25, 0.3) is 5.91 Å². The summed E-state index contributed by atoms with van der Waals surface area (Å²) in [6, 6.07) is 2.08. The van der Waals surface area contributed by atoms with E-state index in [9.17, 15) is 4.79 Å². The number of H-pyrrole nitrogens is 1. The molecule has 1 aliphatic rings. The summed E-state index contributed by atoms with van der Waals surface area (Å²) in [7, 11) is 0. The third-order valence-electron chi connectivity index (χ3n) is 4.70. The van der Waals surface area contributed by atoms with E-state index < -0.39 is 0 Å². The molecule has 0 aliphatic carbocycles. The average molecular weight is 336 g/mol. The lowest BCUT2D eigenvalue weighted by Crippen LogP contribution is -2.38. The first-order chi connectivity index (χ1) is 12.1. The van der Waals surface area contributed by atoms with Crippen molar-refractivity contribution in [2.75, 3.05) is 13.1 Å². The fraction of sp³-hybridized carbons (Fsp3) is 0.389. The van der Waals surface area contributed by atoms with Crippen molar-refractivity contribution in [3.63, 3.8) is 0 Å². The number of nitrogens with one attached hydrogen (secondary N) is 1. The Balaban J connectivity index is 1.45. The lowest BCUT2D eigenvalue weighted by atomic mass is 9.93. The van der Waals surface area contributed by atoms with Gasteiger partial charge < -0.3 is 9.88 Å². The minimum absolute atomic E-state index is 0.0402. The molecule has 0 atom stereocenters. The van der Waals surface area contributed by atoms with Crippen molar-refractivity contribution in [1.29, 1.82) is 0 Å². The van der Waals surface area contributed by atoms with Crippen LogP contribution in [0.4, 0.5) is 0 Å². The molecule has 1 N–H and O–H groups in total. The highest BCUT2D eigenvalue weighted by molar-refractivity contribution is 5.92. The Morgan fingerprint density at radius 3 is 2.56 bits per heavy atom. The third-order valence-corrected chi connectivity index (χ3v) is 4.70. The average Bonchev–Trinajstić information content (AvgIpc) is 3.05. The van der Waals surface area contributed by atoms with Crippen LogP contribution in [0.15, 0.2) is 24.7 Å². The maximum absolute atomic E-state index is 12.5. The summed E-state index contributed by atoms with van der Waals surface area (Å²) in [5.41, 5.74) is 5.02. The number of aryl methyl sites for hydroxylation is 2. The Labute approximate surface area is 145 Å². The van der Waals surface area contributed by atoms with Gasteiger partial charge in [-0.1, -0.05) is 0 Å². The zero-order valence-electron chi connectivity index (χ0n) is 14.4. The highest BCUT2D eigenvalue weighted by atomic mass is 16.2. The monoisotopic (exact) mass is 336 g/mol. The van der Waals surface area contributed by atoms with Crippen molar-refractivity contribution in [3.8, 4) is 0 Å². The van der Waals surface area contributed by atoms with E-state index in [1.807, 2.05) is 18.7 Å². The highest BCUT2D eigenvalue weighted by Gasteiger charge is 2.26. The van der Waals surface area contributed by atoms with Crippen molar-refractivity contribution in [1.82, 2.24) is 29.8 Å². The predicted molar refractivity (Wildman–Crippen MR) is 93.3 cm³/mol. The zero-order valence-corrected chi connectivity index (χ0v) is 14.4. The molecule has 0 radical (unpaired) electrons. The summed E-state index contributed by atoms with van der Waals surface area (Å²) in [5.74, 6) is 0.353. The van der Waals surface area contributed by atoms with E-state index in [-0.39, 0.29) is 5.91 Å². The minimum Gasteiger partial charge on any atom is -0.342 e. The first-order valence-electron chi connectivity index (χ1n) is 8.50. The second-order valence-corrected chi connectivity index (χ2v) is 6.58. The number of aromatic amines is 1. The van der Waals surface area contributed by atoms with Crippen LogP contribution in [-0.2, 0) is 0 Å². The van der Waals surface area contributed by atoms with Gasteiger partial charge in [-0.2, -0.15) is 0 Å². The predicted octanol–water partition coefficient (Wildman–Crippen LogP) is 2.38. The van der Waals surface area contributed by atoms with Gasteiger partial charge in [-0.3, -0.25) is 14.8 Å². The Morgan fingerprint density at radius 1 is 1.08 bits per heavy atom. The molecule has 4 rings (SSSR count). The number of piperidine rings is 1. The van der Waals surface area contributed by atoms with Crippen LogP contribution in [0.25, 0.3) is 11.2 Å². The zero-order chi connectivity index (χ0) is 17.4. The third kappa shape index (κ3) is 3.09. The number of aromatic nitrogens is 5. The maximum atomic E-state index is 12.5. The Kier molecular flexibility index (Phi) is 3.91. The molecule has 128 valence electrons. The van der Waals surface area contributed by atoms with Crippen LogP contribution in [0.1, 0.15) is 46.3 Å². The molecule has 25 heavy (non-hydrogen) atoms. The number of hydrogen-bond donors (Lipinski definition) is 1. The van der Waals surface area contributed by atoms with Crippen LogP contribution in [0.3, 0.4) is 0 Å². The quantitative estimate of drug-likeness (QED) is 0.776. The summed E-state index contributed by atoms with van der Waals surface area (Å²) in [4.78, 5) is 35.0. The van der Waals surface area contributed by atoms with Gasteiger partial charge in [0, 0.05) is 37.1 Å². The number of fused-ring (bicyclic) bond motifs is 1. The van der Waals surface area contributed by atoms with Crippen LogP contribution < -0.4 is 0 Å². The Morgan fingerprint density at radius 2 is 1.84 bits per heavy atom. The van der Waals surface area contributed by atoms with Crippen LogP contribution >= 0.6 is 0 Å². The normalized spacial score (nSPS) is 15.7. The second-order valence-electron chi connectivity index (χ2n) is 6.58. The van der Waals surface area contributed by atoms with Gasteiger partial charge >= 0.3 is 0 Å². The first kappa shape index (κ1) is 15.7. The Hall–Kier alpha value is -2.83. The van der Waals surface area contributed by atoms with E-state index in [0.717, 1.165) is 41.1 Å². The van der Waals surface area contributed by atoms with Crippen molar-refractivity contribution in [2.45, 2.75) is 32.6 Å². The number of likely N-dealkylation sites (tertiary alicyclic amines) is 1. The Bertz CT molecular complexity index is 909. The SMILES string of the molecule is Cc1cnc(C(=O)N2CCC(c3cc4ncc(C)nc4[nH]3)CC2)cn1. The van der Waals surface area contributed by atoms with E-state index in [2.05, 4.69) is 31.0 Å². The van der Waals surface area contributed by atoms with E-state index in [0.29, 0.717) is 24.7 Å². The second kappa shape index (κ2) is 6.23. The number of nitrogens with zero attached hydrogens (tertiary/aromatic N) is 5. The summed E-state index contributed by atoms with van der Waals surface area (Å²) >= 11 is 0. The molecule has 0 aromatic carbocycles. The van der Waals surface area contributed by atoms with Gasteiger partial charge in [-0.15, -0.1) is 0 Å². The van der Waals surface area contributed by atoms with E-state index in [4.69, 9.17) is 0 Å². The largest absolute Gasteiger partial charge is 0.342 e. The molecule has 7 nitrogen and oxygen atoms in total. The molecular weight excluding hydrogens is 316 g/mol. The summed E-state index contributed by atoms with van der Waals surface area (Å²) < 4.78 is 0. The van der Waals surface area contributed by atoms with Gasteiger partial charge in [-0.05, 0) is 32.8 Å². The number of rotatable bonds is 2. The molecule has 3 aromatic rings. The summed E-state index contributed by atoms with van der Waals surface area (Å²) in [6.07, 6.45) is 6.80. The maximum Gasteiger partial charge on any atom is 0.274 e. The molecule has 7 heteroatoms. The van der Waals surface area contributed by atoms with E-state index in [1.54, 1.807) is 18.6 Å². The van der Waals surface area contributed by atoms with Gasteiger partial charge in [0.1, 0.15) is 11.2 Å². The van der Waals surface area contributed by atoms with Crippen molar-refractivity contribution < 1.29 is 4.79 Å². The lowest BCUT2D eigenvalue weighted by Gasteiger charge is -2.31. The van der Waals surface area contributed by atoms with Crippen LogP contribution in [0.5, 0.6) is 0 Å². The highest BCUT2D eigenvalue weighted by Crippen LogP contribution is 2.29. The summed E-state index contributed by atoms with van der Waals surface area (Å²) in [6.45, 7) is 5.23. The fourth-order valence-corrected chi connectivity index (χ4v) is 3.28. The standard InChI is InChI=1S/C18H20N6O/c1-11-8-21-16(10-19-11)18(25)24-5-3-13(4-6-24)14-7-15-17(23-14)22-12(2)9-20-15/h7-10,13H,3-6H2,1-2H3,(H,22,23). The lowest BCUT2D eigenvalue weighted by molar-refractivity contribution is 0.0705. The summed E-state index contributed by atoms with van der Waals surface area (Å²) in [5, 5.41) is 0. The van der Waals surface area contributed by atoms with E-state index >= 15 is 0 Å². The van der Waals surface area contributed by atoms with Crippen LogP contribution in [0.2, 0.25) is 0 Å². The van der Waals surface area contributed by atoms with Crippen LogP contribution in [-0.4, -0.2) is 48.8 Å². The topological polar surface area (TPSA) is 87.7 Å². The number of carbonyl (C=O) groups is 1. The number of hydrogen-bond acceptors (Lipinski definition) is 5. The number of carbonyl (C=O) groups excluding carboxylic acids is 1. The minimum atomic E-state index is -0.0402. The molecule has 1 saturated heterocycles. The number of amides is 1. The first-order valence-corrected chi connectivity index (χ1v) is 8.50. The van der Waals surface area contributed by atoms with Gasteiger partial charge in [0.15, 0.2) is 5.65 Å². The fourth-order valence-electron chi connectivity index (χ4n) is 3.28. The molecule has 3 aromatic heterocycles. The molecule has 0 unspecified atom stereocenters. The van der Waals surface area contributed by atoms with Crippen molar-refractivity contribution >= 4 is 17.1 Å². The smallest absolute Gasteiger partial charge is 0.274 e. The molecule has 0 spiro atoms. The van der Waals surface area contributed by atoms with E-state index in [1.165, 1.54) is 0 Å². The van der Waals surface area contributed by atoms with Crippen molar-refractivity contribution in [3.05, 3.63) is 47.4 Å². The molecule has 1 fully saturated rings. The molecule has 0 bridgehead atoms. The van der Waals surface area contributed by atoms with Gasteiger partial charge in [0.05, 0.1) is 17.6 Å². The molecule has 1 aliphatic heterocycles. The molecule has 1 amide bonds.